The number of rotatable bonds is 9. The maximum atomic E-state index is 13.9. The molecule has 0 unspecified atom stereocenters. The van der Waals surface area contributed by atoms with Crippen LogP contribution in [0.1, 0.15) is 66.1 Å². The molecule has 1 aromatic carbocycles. The molecular formula is C29H38O9. The minimum Gasteiger partial charge on any atom is -0.490 e. The summed E-state index contributed by atoms with van der Waals surface area (Å²) in [6.45, 7) is 9.79. The van der Waals surface area contributed by atoms with E-state index in [2.05, 4.69) is 0 Å². The zero-order valence-electron chi connectivity index (χ0n) is 23.0. The van der Waals surface area contributed by atoms with Crippen LogP contribution < -0.4 is 0 Å². The summed E-state index contributed by atoms with van der Waals surface area (Å²) in [5.74, 6) is -4.17. The number of fused-ring (bicyclic) bond motifs is 1. The number of hydrogen-bond acceptors (Lipinski definition) is 9. The average molecular weight is 531 g/mol. The Labute approximate surface area is 223 Å². The average Bonchev–Trinajstić information content (AvgIpc) is 2.90. The molecule has 2 aliphatic rings. The number of hydrogen-bond donors (Lipinski definition) is 0. The van der Waals surface area contributed by atoms with Crippen LogP contribution in [0.15, 0.2) is 41.7 Å². The molecule has 0 spiro atoms. The molecule has 208 valence electrons. The molecule has 0 amide bonds. The van der Waals surface area contributed by atoms with Gasteiger partial charge in [-0.3, -0.25) is 19.2 Å². The summed E-state index contributed by atoms with van der Waals surface area (Å²) in [5, 5.41) is 0. The van der Waals surface area contributed by atoms with Crippen molar-refractivity contribution in [3.8, 4) is 0 Å². The lowest BCUT2D eigenvalue weighted by atomic mass is 9.49. The molecule has 0 radical (unpaired) electrons. The largest absolute Gasteiger partial charge is 0.490 e. The number of benzene rings is 1. The summed E-state index contributed by atoms with van der Waals surface area (Å²) < 4.78 is 27.9. The van der Waals surface area contributed by atoms with Crippen LogP contribution in [0.2, 0.25) is 0 Å². The molecule has 0 aromatic heterocycles. The summed E-state index contributed by atoms with van der Waals surface area (Å²) in [6, 6.07) is 9.64. The third kappa shape index (κ3) is 4.67. The Balaban J connectivity index is 2.34. The third-order valence-electron chi connectivity index (χ3n) is 7.65. The molecule has 0 N–H and O–H groups in total. The molecule has 1 aliphatic carbocycles. The van der Waals surface area contributed by atoms with Gasteiger partial charge in [0.25, 0.3) is 0 Å². The third-order valence-corrected chi connectivity index (χ3v) is 7.65. The van der Waals surface area contributed by atoms with Crippen LogP contribution in [-0.4, -0.2) is 50.3 Å². The van der Waals surface area contributed by atoms with E-state index in [0.29, 0.717) is 11.3 Å². The van der Waals surface area contributed by atoms with Crippen LogP contribution in [0.25, 0.3) is 0 Å². The topological polar surface area (TPSA) is 114 Å². The fraction of sp³-hybridized carbons (Fsp3) is 0.586. The minimum atomic E-state index is -2.35. The van der Waals surface area contributed by atoms with Gasteiger partial charge < -0.3 is 23.7 Å². The highest BCUT2D eigenvalue weighted by atomic mass is 16.6. The molecule has 9 heteroatoms. The molecular weight excluding hydrogens is 492 g/mol. The highest BCUT2D eigenvalue weighted by molar-refractivity contribution is 6.15. The molecule has 0 saturated heterocycles. The highest BCUT2D eigenvalue weighted by Gasteiger charge is 2.76. The lowest BCUT2D eigenvalue weighted by Crippen LogP contribution is -2.66. The van der Waals surface area contributed by atoms with E-state index in [9.17, 15) is 19.2 Å². The van der Waals surface area contributed by atoms with Crippen molar-refractivity contribution in [1.29, 1.82) is 0 Å². The number of esters is 4. The predicted octanol–water partition coefficient (Wildman–Crippen LogP) is 4.30. The SMILES string of the molecule is CCOC(=O)C1(C(=O)OCC)CC2=C(C)O[C@@H](c3ccccc3)[C@H](C)[C@@H]2CC1(C(=O)OCC)C(=O)OCC. The van der Waals surface area contributed by atoms with Crippen molar-refractivity contribution in [2.24, 2.45) is 22.7 Å². The minimum absolute atomic E-state index is 0.0700. The van der Waals surface area contributed by atoms with Crippen LogP contribution >= 0.6 is 0 Å². The van der Waals surface area contributed by atoms with Crippen LogP contribution in [0, 0.1) is 22.7 Å². The van der Waals surface area contributed by atoms with Crippen molar-refractivity contribution >= 4 is 23.9 Å². The smallest absolute Gasteiger partial charge is 0.325 e. The molecule has 0 bridgehead atoms. The Kier molecular flexibility index (Phi) is 9.22. The summed E-state index contributed by atoms with van der Waals surface area (Å²) in [5.41, 5.74) is -3.08. The van der Waals surface area contributed by atoms with Gasteiger partial charge in [0.2, 0.25) is 0 Å². The van der Waals surface area contributed by atoms with Gasteiger partial charge in [0.1, 0.15) is 6.10 Å². The van der Waals surface area contributed by atoms with E-state index in [1.165, 1.54) is 0 Å². The Morgan fingerprint density at radius 3 is 1.68 bits per heavy atom. The van der Waals surface area contributed by atoms with E-state index in [1.54, 1.807) is 34.6 Å². The van der Waals surface area contributed by atoms with E-state index >= 15 is 0 Å². The molecule has 1 aliphatic heterocycles. The lowest BCUT2D eigenvalue weighted by Gasteiger charge is -2.52. The molecule has 1 saturated carbocycles. The van der Waals surface area contributed by atoms with E-state index in [0.717, 1.165) is 5.56 Å². The number of ether oxygens (including phenoxy) is 5. The summed E-state index contributed by atoms with van der Waals surface area (Å²) in [4.78, 5) is 55.4. The zero-order valence-corrected chi connectivity index (χ0v) is 23.0. The molecule has 1 aromatic rings. The molecule has 3 rings (SSSR count). The summed E-state index contributed by atoms with van der Waals surface area (Å²) in [7, 11) is 0. The first-order valence-corrected chi connectivity index (χ1v) is 13.3. The van der Waals surface area contributed by atoms with Gasteiger partial charge in [-0.2, -0.15) is 0 Å². The monoisotopic (exact) mass is 530 g/mol. The number of carbonyl (C=O) groups is 4. The van der Waals surface area contributed by atoms with Crippen molar-refractivity contribution in [1.82, 2.24) is 0 Å². The van der Waals surface area contributed by atoms with Gasteiger partial charge in [0.15, 0.2) is 10.8 Å². The Bertz CT molecular complexity index is 1040. The van der Waals surface area contributed by atoms with E-state index in [4.69, 9.17) is 23.7 Å². The van der Waals surface area contributed by atoms with E-state index < -0.39 is 40.6 Å². The lowest BCUT2D eigenvalue weighted by molar-refractivity contribution is -0.210. The first-order chi connectivity index (χ1) is 18.2. The maximum Gasteiger partial charge on any atom is 0.325 e. The normalized spacial score (nSPS) is 23.4. The van der Waals surface area contributed by atoms with Crippen molar-refractivity contribution in [3.05, 3.63) is 47.2 Å². The van der Waals surface area contributed by atoms with Crippen LogP contribution in [0.5, 0.6) is 0 Å². The Morgan fingerprint density at radius 2 is 1.24 bits per heavy atom. The van der Waals surface area contributed by atoms with Gasteiger partial charge in [-0.25, -0.2) is 0 Å². The molecule has 9 nitrogen and oxygen atoms in total. The molecule has 1 fully saturated rings. The number of carbonyl (C=O) groups excluding carboxylic acids is 4. The van der Waals surface area contributed by atoms with Gasteiger partial charge in [-0.1, -0.05) is 37.3 Å². The predicted molar refractivity (Wildman–Crippen MR) is 136 cm³/mol. The van der Waals surface area contributed by atoms with E-state index in [-0.39, 0.29) is 51.3 Å². The zero-order chi connectivity index (χ0) is 28.1. The first kappa shape index (κ1) is 29.2. The Morgan fingerprint density at radius 1 is 0.789 bits per heavy atom. The second-order valence-corrected chi connectivity index (χ2v) is 9.57. The fourth-order valence-corrected chi connectivity index (χ4v) is 5.87. The highest BCUT2D eigenvalue weighted by Crippen LogP contribution is 2.62. The maximum absolute atomic E-state index is 13.9. The van der Waals surface area contributed by atoms with Crippen molar-refractivity contribution in [3.63, 3.8) is 0 Å². The van der Waals surface area contributed by atoms with Crippen molar-refractivity contribution in [2.75, 3.05) is 26.4 Å². The van der Waals surface area contributed by atoms with Crippen LogP contribution in [0.4, 0.5) is 0 Å². The second-order valence-electron chi connectivity index (χ2n) is 9.57. The summed E-state index contributed by atoms with van der Waals surface area (Å²) in [6.07, 6.45) is -0.877. The van der Waals surface area contributed by atoms with Gasteiger partial charge in [0.05, 0.1) is 32.2 Å². The molecule has 3 atom stereocenters. The Hall–Kier alpha value is -3.36. The van der Waals surface area contributed by atoms with Gasteiger partial charge >= 0.3 is 23.9 Å². The van der Waals surface area contributed by atoms with Gasteiger partial charge in [-0.05, 0) is 58.1 Å². The van der Waals surface area contributed by atoms with Crippen molar-refractivity contribution in [2.45, 2.75) is 60.5 Å². The van der Waals surface area contributed by atoms with Crippen molar-refractivity contribution < 1.29 is 42.9 Å². The van der Waals surface area contributed by atoms with Gasteiger partial charge in [0, 0.05) is 12.3 Å². The first-order valence-electron chi connectivity index (χ1n) is 13.3. The summed E-state index contributed by atoms with van der Waals surface area (Å²) >= 11 is 0. The fourth-order valence-electron chi connectivity index (χ4n) is 5.87. The quantitative estimate of drug-likeness (QED) is 0.262. The van der Waals surface area contributed by atoms with Crippen LogP contribution in [0.3, 0.4) is 0 Å². The second kappa shape index (κ2) is 12.0. The standard InChI is InChI=1S/C29H38O9/c1-7-34-24(30)28(25(31)35-8-2)16-21-18(5)23(20-14-12-11-13-15-20)38-19(6)22(21)17-29(28,26(32)36-9-3)27(33)37-10-4/h11-15,18,21,23H,7-10,16-17H2,1-6H3/t18-,21+,23-/m1/s1. The van der Waals surface area contributed by atoms with Gasteiger partial charge in [-0.15, -0.1) is 0 Å². The molecule has 1 heterocycles. The van der Waals surface area contributed by atoms with Crippen LogP contribution in [-0.2, 0) is 42.9 Å². The van der Waals surface area contributed by atoms with E-state index in [1.807, 2.05) is 37.3 Å². The number of allylic oxidation sites excluding steroid dienone is 2. The molecule has 38 heavy (non-hydrogen) atoms.